The fourth-order valence-electron chi connectivity index (χ4n) is 2.51. The van der Waals surface area contributed by atoms with E-state index in [1.807, 2.05) is 0 Å². The van der Waals surface area contributed by atoms with E-state index in [1.165, 1.54) is 11.8 Å². The number of halogens is 2. The van der Waals surface area contributed by atoms with Crippen LogP contribution in [-0.4, -0.2) is 53.3 Å². The Labute approximate surface area is 162 Å². The quantitative estimate of drug-likeness (QED) is 0.744. The molecule has 3 rings (SSSR count). The lowest BCUT2D eigenvalue weighted by Gasteiger charge is -2.30. The maximum absolute atomic E-state index is 12.1. The molecular weight excluding hydrogens is 383 g/mol. The molecule has 1 atom stereocenters. The highest BCUT2D eigenvalue weighted by atomic mass is 35.5. The maximum Gasteiger partial charge on any atom is 0.236 e. The molecule has 1 unspecified atom stereocenters. The van der Waals surface area contributed by atoms with Crippen molar-refractivity contribution in [2.45, 2.75) is 11.8 Å². The van der Waals surface area contributed by atoms with Crippen LogP contribution in [0.15, 0.2) is 28.8 Å². The first-order valence-corrected chi connectivity index (χ1v) is 9.26. The fourth-order valence-corrected chi connectivity index (χ4v) is 3.38. The second-order valence-corrected chi connectivity index (χ2v) is 7.09. The maximum atomic E-state index is 12.1. The molecule has 1 saturated heterocycles. The van der Waals surface area contributed by atoms with Crippen LogP contribution in [0.1, 0.15) is 28.1 Å². The van der Waals surface area contributed by atoms with Gasteiger partial charge in [0.1, 0.15) is 0 Å². The van der Waals surface area contributed by atoms with Gasteiger partial charge in [-0.3, -0.25) is 9.69 Å². The molecule has 0 amide bonds. The second-order valence-electron chi connectivity index (χ2n) is 5.67. The van der Waals surface area contributed by atoms with E-state index in [-0.39, 0.29) is 24.2 Å². The molecule has 2 heterocycles. The number of piperazine rings is 1. The van der Waals surface area contributed by atoms with Crippen molar-refractivity contribution in [2.75, 3.05) is 32.4 Å². The summed E-state index contributed by atoms with van der Waals surface area (Å²) < 4.78 is 5.30. The summed E-state index contributed by atoms with van der Waals surface area (Å²) in [4.78, 5) is 18.8. The van der Waals surface area contributed by atoms with Crippen LogP contribution in [0, 0.1) is 0 Å². The number of ketones is 1. The van der Waals surface area contributed by atoms with Crippen LogP contribution in [-0.2, 0) is 5.75 Å². The van der Waals surface area contributed by atoms with Gasteiger partial charge in [-0.15, -0.1) is 24.2 Å². The Kier molecular flexibility index (Phi) is 7.71. The first-order valence-electron chi connectivity index (χ1n) is 7.73. The van der Waals surface area contributed by atoms with E-state index in [0.717, 1.165) is 19.6 Å². The molecule has 136 valence electrons. The summed E-state index contributed by atoms with van der Waals surface area (Å²) in [5.41, 5.74) is 0.660. The Balaban J connectivity index is 0.00000225. The molecule has 0 aliphatic carbocycles. The van der Waals surface area contributed by atoms with Crippen molar-refractivity contribution in [3.05, 3.63) is 46.6 Å². The molecule has 1 aliphatic heterocycles. The van der Waals surface area contributed by atoms with Gasteiger partial charge < -0.3 is 9.84 Å². The van der Waals surface area contributed by atoms with Crippen molar-refractivity contribution >= 4 is 41.6 Å². The predicted octanol–water partition coefficient (Wildman–Crippen LogP) is 2.84. The average molecular weight is 403 g/mol. The first kappa shape index (κ1) is 20.2. The summed E-state index contributed by atoms with van der Waals surface area (Å²) in [6.07, 6.45) is 0. The zero-order valence-electron chi connectivity index (χ0n) is 13.8. The fraction of sp³-hybridized carbons (Fsp3) is 0.438. The SMILES string of the molecule is CN1CCNCC1c1noc(CSCC(=O)c2ccc(Cl)cc2)n1.Cl. The van der Waals surface area contributed by atoms with Crippen LogP contribution in [0.5, 0.6) is 0 Å². The van der Waals surface area contributed by atoms with Crippen molar-refractivity contribution in [2.24, 2.45) is 0 Å². The summed E-state index contributed by atoms with van der Waals surface area (Å²) in [5, 5.41) is 8.03. The monoisotopic (exact) mass is 402 g/mol. The molecule has 25 heavy (non-hydrogen) atoms. The van der Waals surface area contributed by atoms with Gasteiger partial charge in [0.15, 0.2) is 11.6 Å². The standard InChI is InChI=1S/C16H19ClN4O2S.ClH/c1-21-7-6-18-8-13(21)16-19-15(23-20-16)10-24-9-14(22)11-2-4-12(17)5-3-11;/h2-5,13,18H,6-10H2,1H3;1H. The molecule has 0 spiro atoms. The van der Waals surface area contributed by atoms with Crippen molar-refractivity contribution < 1.29 is 9.32 Å². The highest BCUT2D eigenvalue weighted by molar-refractivity contribution is 7.99. The van der Waals surface area contributed by atoms with Crippen LogP contribution in [0.25, 0.3) is 0 Å². The lowest BCUT2D eigenvalue weighted by atomic mass is 10.1. The van der Waals surface area contributed by atoms with Crippen molar-refractivity contribution in [3.8, 4) is 0 Å². The molecule has 9 heteroatoms. The average Bonchev–Trinajstić information content (AvgIpc) is 3.04. The van der Waals surface area contributed by atoms with Gasteiger partial charge in [-0.1, -0.05) is 16.8 Å². The Morgan fingerprint density at radius 3 is 2.92 bits per heavy atom. The van der Waals surface area contributed by atoms with Crippen LogP contribution in [0.4, 0.5) is 0 Å². The third-order valence-electron chi connectivity index (χ3n) is 3.92. The number of carbonyl (C=O) groups excluding carboxylic acids is 1. The number of benzene rings is 1. The van der Waals surface area contributed by atoms with E-state index in [4.69, 9.17) is 16.1 Å². The molecule has 0 saturated carbocycles. The third-order valence-corrected chi connectivity index (χ3v) is 5.09. The summed E-state index contributed by atoms with van der Waals surface area (Å²) in [6.45, 7) is 2.75. The van der Waals surface area contributed by atoms with Gasteiger partial charge in [0, 0.05) is 30.2 Å². The Morgan fingerprint density at radius 1 is 1.44 bits per heavy atom. The minimum absolute atomic E-state index is 0. The molecule has 2 aromatic rings. The van der Waals surface area contributed by atoms with E-state index in [9.17, 15) is 4.79 Å². The number of hydrogen-bond acceptors (Lipinski definition) is 7. The number of thioether (sulfide) groups is 1. The number of rotatable bonds is 6. The van der Waals surface area contributed by atoms with Gasteiger partial charge >= 0.3 is 0 Å². The van der Waals surface area contributed by atoms with Gasteiger partial charge in [-0.2, -0.15) is 4.98 Å². The number of Topliss-reactive ketones (excluding diaryl/α,β-unsaturated/α-hetero) is 1. The molecule has 0 bridgehead atoms. The lowest BCUT2D eigenvalue weighted by molar-refractivity contribution is 0.102. The van der Waals surface area contributed by atoms with E-state index in [2.05, 4.69) is 27.4 Å². The number of carbonyl (C=O) groups is 1. The van der Waals surface area contributed by atoms with Crippen molar-refractivity contribution in [1.82, 2.24) is 20.4 Å². The van der Waals surface area contributed by atoms with Crippen LogP contribution < -0.4 is 5.32 Å². The number of nitrogens with zero attached hydrogens (tertiary/aromatic N) is 3. The van der Waals surface area contributed by atoms with Crippen molar-refractivity contribution in [3.63, 3.8) is 0 Å². The predicted molar refractivity (Wildman–Crippen MR) is 102 cm³/mol. The summed E-state index contributed by atoms with van der Waals surface area (Å²) in [7, 11) is 2.06. The smallest absolute Gasteiger partial charge is 0.236 e. The molecule has 6 nitrogen and oxygen atoms in total. The van der Waals surface area contributed by atoms with Crippen LogP contribution in [0.3, 0.4) is 0 Å². The minimum Gasteiger partial charge on any atom is -0.338 e. The third kappa shape index (κ3) is 5.43. The molecule has 1 aliphatic rings. The largest absolute Gasteiger partial charge is 0.338 e. The topological polar surface area (TPSA) is 71.3 Å². The molecule has 1 aromatic carbocycles. The first-order chi connectivity index (χ1) is 11.6. The number of aromatic nitrogens is 2. The Bertz CT molecular complexity index is 696. The Morgan fingerprint density at radius 2 is 2.20 bits per heavy atom. The number of likely N-dealkylation sites (N-methyl/N-ethyl adjacent to an activating group) is 1. The van der Waals surface area contributed by atoms with Crippen LogP contribution >= 0.6 is 35.8 Å². The second kappa shape index (κ2) is 9.54. The lowest BCUT2D eigenvalue weighted by Crippen LogP contribution is -2.44. The van der Waals surface area contributed by atoms with E-state index < -0.39 is 0 Å². The van der Waals surface area contributed by atoms with Crippen molar-refractivity contribution in [1.29, 1.82) is 0 Å². The molecule has 1 N–H and O–H groups in total. The van der Waals surface area contributed by atoms with Gasteiger partial charge in [-0.05, 0) is 31.3 Å². The van der Waals surface area contributed by atoms with Crippen LogP contribution in [0.2, 0.25) is 5.02 Å². The van der Waals surface area contributed by atoms with Gasteiger partial charge in [0.25, 0.3) is 0 Å². The number of hydrogen-bond donors (Lipinski definition) is 1. The summed E-state index contributed by atoms with van der Waals surface area (Å²) in [5.74, 6) is 2.20. The molecule has 0 radical (unpaired) electrons. The van der Waals surface area contributed by atoms with Gasteiger partial charge in [0.2, 0.25) is 5.89 Å². The highest BCUT2D eigenvalue weighted by Gasteiger charge is 2.25. The number of nitrogens with one attached hydrogen (secondary N) is 1. The van der Waals surface area contributed by atoms with Gasteiger partial charge in [0.05, 0.1) is 17.5 Å². The normalized spacial score (nSPS) is 17.9. The van der Waals surface area contributed by atoms with E-state index >= 15 is 0 Å². The summed E-state index contributed by atoms with van der Waals surface area (Å²) in [6, 6.07) is 7.05. The Hall–Kier alpha value is -1.12. The zero-order valence-corrected chi connectivity index (χ0v) is 16.2. The molecule has 1 fully saturated rings. The molecular formula is C16H20Cl2N4O2S. The van der Waals surface area contributed by atoms with E-state index in [1.54, 1.807) is 24.3 Å². The molecule has 1 aromatic heterocycles. The van der Waals surface area contributed by atoms with Gasteiger partial charge in [-0.25, -0.2) is 0 Å². The summed E-state index contributed by atoms with van der Waals surface area (Å²) >= 11 is 7.29. The highest BCUT2D eigenvalue weighted by Crippen LogP contribution is 2.20. The minimum atomic E-state index is 0. The zero-order chi connectivity index (χ0) is 16.9. The van der Waals surface area contributed by atoms with E-state index in [0.29, 0.717) is 33.8 Å².